The van der Waals surface area contributed by atoms with Crippen LogP contribution >= 0.6 is 0 Å². The number of hydrogen-bond donors (Lipinski definition) is 2. The Morgan fingerprint density at radius 3 is 2.59 bits per heavy atom. The summed E-state index contributed by atoms with van der Waals surface area (Å²) < 4.78 is 1.47. The van der Waals surface area contributed by atoms with Crippen molar-refractivity contribution < 1.29 is 9.59 Å². The molecule has 0 fully saturated rings. The fraction of sp³-hybridized carbons (Fsp3) is 0.182. The summed E-state index contributed by atoms with van der Waals surface area (Å²) in [7, 11) is 1.69. The van der Waals surface area contributed by atoms with Gasteiger partial charge in [-0.05, 0) is 13.0 Å². The highest BCUT2D eigenvalue weighted by Crippen LogP contribution is 2.20. The van der Waals surface area contributed by atoms with Crippen LogP contribution in [-0.4, -0.2) is 21.3 Å². The molecule has 0 spiro atoms. The molecule has 0 saturated carbocycles. The zero-order valence-electron chi connectivity index (χ0n) is 9.52. The topological polar surface area (TPSA) is 90.0 Å². The van der Waals surface area contributed by atoms with Crippen molar-refractivity contribution in [2.24, 2.45) is 7.05 Å². The van der Waals surface area contributed by atoms with E-state index in [9.17, 15) is 9.59 Å². The Morgan fingerprint density at radius 2 is 2.00 bits per heavy atom. The quantitative estimate of drug-likeness (QED) is 0.720. The zero-order chi connectivity index (χ0) is 12.6. The highest BCUT2D eigenvalue weighted by atomic mass is 16.1. The molecule has 1 aliphatic carbocycles. The first-order chi connectivity index (χ1) is 7.99. The first-order valence-electron chi connectivity index (χ1n) is 5.02. The molecular formula is C11H12N4O2. The normalized spacial score (nSPS) is 15.6. The van der Waals surface area contributed by atoms with Crippen LogP contribution in [0.4, 0.5) is 11.5 Å². The molecule has 1 aromatic rings. The maximum absolute atomic E-state index is 11.6. The van der Waals surface area contributed by atoms with Gasteiger partial charge in [0.05, 0.1) is 11.9 Å². The standard InChI is InChI=1S/C11H12N4O2/c1-6-3-10(17)7(4-9(6)16)14-8-5-13-15(2)11(8)12/h3-5,14H,12H2,1-2H3. The van der Waals surface area contributed by atoms with Crippen molar-refractivity contribution in [3.8, 4) is 0 Å². The van der Waals surface area contributed by atoms with Crippen molar-refractivity contribution in [2.75, 3.05) is 11.1 Å². The molecule has 0 unspecified atom stereocenters. The third-order valence-corrected chi connectivity index (χ3v) is 2.53. The van der Waals surface area contributed by atoms with Gasteiger partial charge in [-0.3, -0.25) is 14.3 Å². The number of rotatable bonds is 2. The zero-order valence-corrected chi connectivity index (χ0v) is 9.52. The minimum Gasteiger partial charge on any atom is -0.382 e. The molecule has 1 heterocycles. The molecule has 88 valence electrons. The maximum atomic E-state index is 11.6. The van der Waals surface area contributed by atoms with Gasteiger partial charge in [0.15, 0.2) is 5.78 Å². The lowest BCUT2D eigenvalue weighted by Gasteiger charge is -2.11. The average Bonchev–Trinajstić information content (AvgIpc) is 2.58. The smallest absolute Gasteiger partial charge is 0.202 e. The molecule has 6 heteroatoms. The first-order valence-corrected chi connectivity index (χ1v) is 5.02. The van der Waals surface area contributed by atoms with Gasteiger partial charge in [-0.25, -0.2) is 0 Å². The second-order valence-electron chi connectivity index (χ2n) is 3.81. The van der Waals surface area contributed by atoms with Gasteiger partial charge >= 0.3 is 0 Å². The molecular weight excluding hydrogens is 220 g/mol. The number of nitrogens with one attached hydrogen (secondary N) is 1. The van der Waals surface area contributed by atoms with Crippen molar-refractivity contribution in [1.82, 2.24) is 9.78 Å². The van der Waals surface area contributed by atoms with Crippen LogP contribution in [-0.2, 0) is 16.6 Å². The number of nitrogens with two attached hydrogens (primary N) is 1. The fourth-order valence-electron chi connectivity index (χ4n) is 1.45. The second-order valence-corrected chi connectivity index (χ2v) is 3.81. The third kappa shape index (κ3) is 1.96. The van der Waals surface area contributed by atoms with Crippen LogP contribution < -0.4 is 11.1 Å². The lowest BCUT2D eigenvalue weighted by Crippen LogP contribution is -2.17. The van der Waals surface area contributed by atoms with Crippen LogP contribution in [0.2, 0.25) is 0 Å². The van der Waals surface area contributed by atoms with Crippen LogP contribution in [0.5, 0.6) is 0 Å². The molecule has 17 heavy (non-hydrogen) atoms. The molecule has 0 amide bonds. The second kappa shape index (κ2) is 3.89. The number of aromatic nitrogens is 2. The predicted molar refractivity (Wildman–Crippen MR) is 63.1 cm³/mol. The Kier molecular flexibility index (Phi) is 2.55. The van der Waals surface area contributed by atoms with E-state index in [-0.39, 0.29) is 17.3 Å². The van der Waals surface area contributed by atoms with Gasteiger partial charge in [-0.1, -0.05) is 0 Å². The van der Waals surface area contributed by atoms with Gasteiger partial charge in [-0.2, -0.15) is 5.10 Å². The molecule has 1 aliphatic rings. The van der Waals surface area contributed by atoms with Crippen molar-refractivity contribution in [2.45, 2.75) is 6.92 Å². The van der Waals surface area contributed by atoms with E-state index in [1.165, 1.54) is 23.0 Å². The Bertz CT molecular complexity index is 566. The van der Waals surface area contributed by atoms with E-state index in [1.807, 2.05) is 0 Å². The fourth-order valence-corrected chi connectivity index (χ4v) is 1.45. The van der Waals surface area contributed by atoms with Gasteiger partial charge in [0.1, 0.15) is 11.5 Å². The van der Waals surface area contributed by atoms with Crippen LogP contribution in [0.25, 0.3) is 0 Å². The minimum absolute atomic E-state index is 0.186. The van der Waals surface area contributed by atoms with Crippen molar-refractivity contribution in [3.05, 3.63) is 29.6 Å². The van der Waals surface area contributed by atoms with E-state index < -0.39 is 0 Å². The molecule has 0 aliphatic heterocycles. The summed E-state index contributed by atoms with van der Waals surface area (Å²) in [5.41, 5.74) is 6.87. The minimum atomic E-state index is -0.245. The lowest BCUT2D eigenvalue weighted by atomic mass is 10.0. The highest BCUT2D eigenvalue weighted by Gasteiger charge is 2.18. The molecule has 0 aromatic carbocycles. The summed E-state index contributed by atoms with van der Waals surface area (Å²) >= 11 is 0. The van der Waals surface area contributed by atoms with E-state index in [0.29, 0.717) is 17.1 Å². The Labute approximate surface area is 97.8 Å². The highest BCUT2D eigenvalue weighted by molar-refractivity contribution is 6.20. The monoisotopic (exact) mass is 232 g/mol. The van der Waals surface area contributed by atoms with E-state index in [2.05, 4.69) is 10.4 Å². The van der Waals surface area contributed by atoms with E-state index in [0.717, 1.165) is 0 Å². The lowest BCUT2D eigenvalue weighted by molar-refractivity contribution is -0.115. The number of carbonyl (C=O) groups is 2. The summed E-state index contributed by atoms with van der Waals surface area (Å²) in [5.74, 6) is -0.0302. The van der Waals surface area contributed by atoms with Crippen molar-refractivity contribution in [3.63, 3.8) is 0 Å². The summed E-state index contributed by atoms with van der Waals surface area (Å²) in [6.07, 6.45) is 4.07. The maximum Gasteiger partial charge on any atom is 0.202 e. The number of allylic oxidation sites excluding steroid dienone is 3. The largest absolute Gasteiger partial charge is 0.382 e. The summed E-state index contributed by atoms with van der Waals surface area (Å²) in [5, 5.41) is 6.74. The summed E-state index contributed by atoms with van der Waals surface area (Å²) in [4.78, 5) is 23.1. The summed E-state index contributed by atoms with van der Waals surface area (Å²) in [6, 6.07) is 0. The SMILES string of the molecule is CC1=CC(=O)C(Nc2cnn(C)c2N)=CC1=O. The first kappa shape index (κ1) is 11.1. The number of anilines is 2. The van der Waals surface area contributed by atoms with Crippen LogP contribution in [0.1, 0.15) is 6.92 Å². The van der Waals surface area contributed by atoms with Gasteiger partial charge in [0.2, 0.25) is 5.78 Å². The molecule has 6 nitrogen and oxygen atoms in total. The average molecular weight is 232 g/mol. The number of hydrogen-bond acceptors (Lipinski definition) is 5. The van der Waals surface area contributed by atoms with Crippen LogP contribution in [0.3, 0.4) is 0 Å². The number of ketones is 2. The van der Waals surface area contributed by atoms with E-state index in [1.54, 1.807) is 14.0 Å². The van der Waals surface area contributed by atoms with Crippen molar-refractivity contribution >= 4 is 23.1 Å². The number of nitrogens with zero attached hydrogens (tertiary/aromatic N) is 2. The van der Waals surface area contributed by atoms with Gasteiger partial charge in [0, 0.05) is 18.7 Å². The molecule has 0 saturated heterocycles. The van der Waals surface area contributed by atoms with Crippen LogP contribution in [0.15, 0.2) is 29.6 Å². The molecule has 3 N–H and O–H groups in total. The third-order valence-electron chi connectivity index (χ3n) is 2.53. The van der Waals surface area contributed by atoms with Crippen molar-refractivity contribution in [1.29, 1.82) is 0 Å². The van der Waals surface area contributed by atoms with E-state index in [4.69, 9.17) is 5.73 Å². The molecule has 2 rings (SSSR count). The Hall–Kier alpha value is -2.37. The van der Waals surface area contributed by atoms with Crippen LogP contribution in [0, 0.1) is 0 Å². The van der Waals surface area contributed by atoms with Gasteiger partial charge in [-0.15, -0.1) is 0 Å². The number of carbonyl (C=O) groups excluding carboxylic acids is 2. The van der Waals surface area contributed by atoms with Gasteiger partial charge in [0.25, 0.3) is 0 Å². The van der Waals surface area contributed by atoms with Gasteiger partial charge < -0.3 is 11.1 Å². The molecule has 0 radical (unpaired) electrons. The van der Waals surface area contributed by atoms with E-state index >= 15 is 0 Å². The Balaban J connectivity index is 2.26. The Morgan fingerprint density at radius 1 is 1.29 bits per heavy atom. The molecule has 0 atom stereocenters. The molecule has 1 aromatic heterocycles. The predicted octanol–water partition coefficient (Wildman–Crippen LogP) is 0.396. The number of nitrogen functional groups attached to an aromatic ring is 1. The number of aryl methyl sites for hydroxylation is 1. The summed E-state index contributed by atoms with van der Waals surface area (Å²) in [6.45, 7) is 1.60. The molecule has 0 bridgehead atoms.